The average Bonchev–Trinajstić information content (AvgIpc) is 3.67. The molecule has 0 atom stereocenters. The Morgan fingerprint density at radius 2 is 1.68 bits per heavy atom. The van der Waals surface area contributed by atoms with Crippen LogP contribution in [0.4, 0.5) is 0 Å². The largest absolute Gasteiger partial charge is 0.481 e. The van der Waals surface area contributed by atoms with Gasteiger partial charge in [-0.15, -0.1) is 0 Å². The van der Waals surface area contributed by atoms with Crippen molar-refractivity contribution < 1.29 is 19.1 Å². The number of carbonyl (C=O) groups excluding carboxylic acids is 1. The highest BCUT2D eigenvalue weighted by atomic mass is 16.4. The van der Waals surface area contributed by atoms with Crippen LogP contribution in [0.2, 0.25) is 0 Å². The number of benzene rings is 3. The van der Waals surface area contributed by atoms with Crippen molar-refractivity contribution in [2.45, 2.75) is 39.0 Å². The first-order valence-electron chi connectivity index (χ1n) is 13.8. The van der Waals surface area contributed by atoms with E-state index in [9.17, 15) is 9.59 Å². The molecule has 41 heavy (non-hydrogen) atoms. The molecular formula is C34H29N3O4. The fraction of sp³-hybridized carbons (Fsp3) is 0.176. The van der Waals surface area contributed by atoms with Crippen molar-refractivity contribution in [3.63, 3.8) is 0 Å². The second-order valence-electron chi connectivity index (χ2n) is 10.1. The zero-order valence-corrected chi connectivity index (χ0v) is 22.7. The number of Topliss-reactive ketones (excluding diaryl/α,β-unsaturated/α-hetero) is 1. The highest BCUT2D eigenvalue weighted by Gasteiger charge is 2.20. The van der Waals surface area contributed by atoms with E-state index < -0.39 is 5.97 Å². The van der Waals surface area contributed by atoms with E-state index in [1.165, 1.54) is 5.56 Å². The fourth-order valence-electron chi connectivity index (χ4n) is 5.17. The Morgan fingerprint density at radius 3 is 2.44 bits per heavy atom. The van der Waals surface area contributed by atoms with Gasteiger partial charge in [-0.05, 0) is 54.8 Å². The van der Waals surface area contributed by atoms with Crippen molar-refractivity contribution >= 4 is 33.6 Å². The number of furan rings is 1. The molecule has 0 amide bonds. The normalized spacial score (nSPS) is 11.3. The van der Waals surface area contributed by atoms with E-state index >= 15 is 0 Å². The summed E-state index contributed by atoms with van der Waals surface area (Å²) in [5.74, 6) is -0.0344. The lowest BCUT2D eigenvalue weighted by molar-refractivity contribution is -0.136. The summed E-state index contributed by atoms with van der Waals surface area (Å²) in [6.07, 6.45) is 6.40. The molecular weight excluding hydrogens is 514 g/mol. The average molecular weight is 544 g/mol. The summed E-state index contributed by atoms with van der Waals surface area (Å²) in [5, 5.41) is 10.7. The maximum absolute atomic E-state index is 13.0. The number of unbranched alkanes of at least 4 members (excludes halogenated alkanes) is 1. The quantitative estimate of drug-likeness (QED) is 0.176. The van der Waals surface area contributed by atoms with Crippen LogP contribution in [0.15, 0.2) is 95.7 Å². The van der Waals surface area contributed by atoms with Crippen LogP contribution in [0, 0.1) is 0 Å². The van der Waals surface area contributed by atoms with Gasteiger partial charge in [-0.25, -0.2) is 9.97 Å². The Bertz CT molecular complexity index is 1870. The molecule has 6 aromatic rings. The Balaban J connectivity index is 1.52. The van der Waals surface area contributed by atoms with Gasteiger partial charge in [-0.3, -0.25) is 14.2 Å². The van der Waals surface area contributed by atoms with Crippen molar-refractivity contribution in [2.75, 3.05) is 0 Å². The third-order valence-corrected chi connectivity index (χ3v) is 7.33. The summed E-state index contributed by atoms with van der Waals surface area (Å²) < 4.78 is 7.48. The smallest absolute Gasteiger partial charge is 0.303 e. The molecule has 0 fully saturated rings. The lowest BCUT2D eigenvalue weighted by Gasteiger charge is -2.12. The first-order valence-corrected chi connectivity index (χ1v) is 13.8. The number of carboxylic acids is 1. The highest BCUT2D eigenvalue weighted by molar-refractivity contribution is 6.09. The molecule has 7 nitrogen and oxygen atoms in total. The van der Waals surface area contributed by atoms with Crippen LogP contribution in [0.25, 0.3) is 50.3 Å². The van der Waals surface area contributed by atoms with E-state index in [4.69, 9.17) is 19.5 Å². The summed E-state index contributed by atoms with van der Waals surface area (Å²) in [5.41, 5.74) is 5.94. The van der Waals surface area contributed by atoms with E-state index in [1.54, 1.807) is 12.5 Å². The van der Waals surface area contributed by atoms with Gasteiger partial charge in [0.2, 0.25) is 5.95 Å². The van der Waals surface area contributed by atoms with Gasteiger partial charge in [0.25, 0.3) is 0 Å². The number of fused-ring (bicyclic) bond motifs is 2. The Labute approximate surface area is 237 Å². The van der Waals surface area contributed by atoms with Crippen LogP contribution in [-0.2, 0) is 11.2 Å². The molecule has 6 rings (SSSR count). The van der Waals surface area contributed by atoms with Crippen LogP contribution in [0.1, 0.15) is 48.5 Å². The van der Waals surface area contributed by atoms with E-state index in [1.807, 2.05) is 59.2 Å². The van der Waals surface area contributed by atoms with Crippen LogP contribution in [0.5, 0.6) is 0 Å². The summed E-state index contributed by atoms with van der Waals surface area (Å²) in [4.78, 5) is 34.1. The molecule has 0 aliphatic carbocycles. The van der Waals surface area contributed by atoms with Gasteiger partial charge >= 0.3 is 5.97 Å². The zero-order chi connectivity index (χ0) is 28.3. The number of rotatable bonds is 10. The number of aryl methyl sites for hydroxylation is 1. The van der Waals surface area contributed by atoms with Crippen molar-refractivity contribution in [2.24, 2.45) is 0 Å². The number of carbonyl (C=O) groups is 2. The summed E-state index contributed by atoms with van der Waals surface area (Å²) in [6.45, 7) is 2.19. The van der Waals surface area contributed by atoms with Crippen molar-refractivity contribution in [1.82, 2.24) is 14.5 Å². The lowest BCUT2D eigenvalue weighted by atomic mass is 10.0. The molecule has 0 bridgehead atoms. The van der Waals surface area contributed by atoms with Crippen LogP contribution in [-0.4, -0.2) is 31.4 Å². The van der Waals surface area contributed by atoms with Crippen molar-refractivity contribution in [3.8, 4) is 28.5 Å². The molecule has 204 valence electrons. The Kier molecular flexibility index (Phi) is 7.17. The maximum atomic E-state index is 13.0. The summed E-state index contributed by atoms with van der Waals surface area (Å²) >= 11 is 0. The summed E-state index contributed by atoms with van der Waals surface area (Å²) in [7, 11) is 0. The second-order valence-corrected chi connectivity index (χ2v) is 10.1. The van der Waals surface area contributed by atoms with Gasteiger partial charge in [0.05, 0.1) is 29.4 Å². The predicted molar refractivity (Wildman–Crippen MR) is 159 cm³/mol. The molecule has 3 heterocycles. The van der Waals surface area contributed by atoms with E-state index in [0.717, 1.165) is 63.6 Å². The van der Waals surface area contributed by atoms with Gasteiger partial charge in [0.15, 0.2) is 5.78 Å². The minimum Gasteiger partial charge on any atom is -0.481 e. The molecule has 0 aliphatic rings. The molecule has 0 saturated carbocycles. The SMILES string of the molecule is CCCCc1ccc(-c2nc(-n3cc(C(=O)CCC(=O)O)c4ccccc43)nc3ccc(-c4ccco4)cc23)cc1. The molecule has 0 spiro atoms. The van der Waals surface area contributed by atoms with Crippen LogP contribution < -0.4 is 0 Å². The zero-order valence-electron chi connectivity index (χ0n) is 22.7. The monoisotopic (exact) mass is 543 g/mol. The number of ketones is 1. The maximum Gasteiger partial charge on any atom is 0.303 e. The lowest BCUT2D eigenvalue weighted by Crippen LogP contribution is -2.04. The second kappa shape index (κ2) is 11.2. The van der Waals surface area contributed by atoms with E-state index in [0.29, 0.717) is 11.5 Å². The van der Waals surface area contributed by atoms with Crippen LogP contribution in [0.3, 0.4) is 0 Å². The standard InChI is InChI=1S/C34H29N3O4/c1-2-3-7-22-11-13-23(14-12-22)33-26-20-24(31-10-6-19-41-31)15-16-28(26)35-34(36-33)37-21-27(30(38)17-18-32(39)40)25-8-4-5-9-29(25)37/h4-6,8-16,19-21H,2-3,7,17-18H2,1H3,(H,39,40). The first kappa shape index (κ1) is 26.2. The highest BCUT2D eigenvalue weighted by Crippen LogP contribution is 2.33. The molecule has 0 unspecified atom stereocenters. The van der Waals surface area contributed by atoms with Gasteiger partial charge in [-0.1, -0.05) is 55.8 Å². The van der Waals surface area contributed by atoms with Crippen LogP contribution >= 0.6 is 0 Å². The number of aliphatic carboxylic acids is 1. The number of hydrogen-bond acceptors (Lipinski definition) is 5. The number of nitrogens with zero attached hydrogens (tertiary/aromatic N) is 3. The minimum atomic E-state index is -1.00. The number of hydrogen-bond donors (Lipinski definition) is 1. The number of aromatic nitrogens is 3. The first-order chi connectivity index (χ1) is 20.0. The van der Waals surface area contributed by atoms with Crippen molar-refractivity contribution in [1.29, 1.82) is 0 Å². The van der Waals surface area contributed by atoms with E-state index in [-0.39, 0.29) is 18.6 Å². The van der Waals surface area contributed by atoms with Gasteiger partial charge < -0.3 is 9.52 Å². The third-order valence-electron chi connectivity index (χ3n) is 7.33. The van der Waals surface area contributed by atoms with Gasteiger partial charge in [0.1, 0.15) is 5.76 Å². The number of carboxylic acid groups (broad SMARTS) is 1. The Morgan fingerprint density at radius 1 is 0.878 bits per heavy atom. The molecule has 7 heteroatoms. The summed E-state index contributed by atoms with van der Waals surface area (Å²) in [6, 6.07) is 25.8. The predicted octanol–water partition coefficient (Wildman–Crippen LogP) is 7.89. The van der Waals surface area contributed by atoms with Gasteiger partial charge in [-0.2, -0.15) is 0 Å². The van der Waals surface area contributed by atoms with Crippen molar-refractivity contribution in [3.05, 3.63) is 102 Å². The molecule has 3 aromatic carbocycles. The molecule has 0 radical (unpaired) electrons. The molecule has 0 aliphatic heterocycles. The minimum absolute atomic E-state index is 0.0763. The molecule has 3 aromatic heterocycles. The number of para-hydroxylation sites is 1. The van der Waals surface area contributed by atoms with E-state index in [2.05, 4.69) is 31.2 Å². The van der Waals surface area contributed by atoms with Gasteiger partial charge in [0, 0.05) is 40.1 Å². The topological polar surface area (TPSA) is 98.2 Å². The molecule has 1 N–H and O–H groups in total. The Hall–Kier alpha value is -5.04. The fourth-order valence-corrected chi connectivity index (χ4v) is 5.17. The molecule has 0 saturated heterocycles. The third kappa shape index (κ3) is 5.26.